The zero-order chi connectivity index (χ0) is 13.7. The van der Waals surface area contributed by atoms with E-state index in [0.717, 1.165) is 23.6 Å². The van der Waals surface area contributed by atoms with Crippen LogP contribution in [-0.4, -0.2) is 22.6 Å². The maximum Gasteiger partial charge on any atom is 0.137 e. The van der Waals surface area contributed by atoms with Gasteiger partial charge in [-0.25, -0.2) is 9.97 Å². The summed E-state index contributed by atoms with van der Waals surface area (Å²) in [5, 5.41) is 8.73. The highest BCUT2D eigenvalue weighted by Gasteiger charge is 2.17. The first kappa shape index (κ1) is 14.2. The van der Waals surface area contributed by atoms with Gasteiger partial charge in [0.15, 0.2) is 0 Å². The average molecular weight is 247 g/mol. The molecule has 0 spiro atoms. The molecule has 0 unspecified atom stereocenters. The molecule has 0 saturated carbocycles. The van der Waals surface area contributed by atoms with Crippen LogP contribution in [-0.2, 0) is 6.42 Å². The molecular formula is C13H21N5. The number of anilines is 2. The normalized spacial score (nSPS) is 10.4. The van der Waals surface area contributed by atoms with Crippen molar-refractivity contribution in [2.24, 2.45) is 0 Å². The first-order valence-corrected chi connectivity index (χ1v) is 6.27. The van der Waals surface area contributed by atoms with Crippen LogP contribution in [0.25, 0.3) is 0 Å². The van der Waals surface area contributed by atoms with Gasteiger partial charge >= 0.3 is 0 Å². The Hall–Kier alpha value is -1.83. The largest absolute Gasteiger partial charge is 0.383 e. The number of nitrogen functional groups attached to an aromatic ring is 1. The van der Waals surface area contributed by atoms with Crippen LogP contribution in [0, 0.1) is 18.3 Å². The van der Waals surface area contributed by atoms with Crippen LogP contribution in [0.15, 0.2) is 0 Å². The van der Waals surface area contributed by atoms with Crippen LogP contribution in [0.2, 0.25) is 0 Å². The quantitative estimate of drug-likeness (QED) is 0.861. The summed E-state index contributed by atoms with van der Waals surface area (Å²) in [4.78, 5) is 10.9. The number of nitrogens with two attached hydrogens (primary N) is 1. The van der Waals surface area contributed by atoms with Gasteiger partial charge in [-0.05, 0) is 20.8 Å². The average Bonchev–Trinajstić information content (AvgIpc) is 2.34. The molecule has 0 atom stereocenters. The van der Waals surface area contributed by atoms with Crippen molar-refractivity contribution in [1.82, 2.24) is 9.97 Å². The molecule has 5 nitrogen and oxygen atoms in total. The number of hydrogen-bond acceptors (Lipinski definition) is 5. The van der Waals surface area contributed by atoms with Crippen molar-refractivity contribution in [3.8, 4) is 6.07 Å². The lowest BCUT2D eigenvalue weighted by atomic mass is 10.2. The molecule has 1 aromatic rings. The third kappa shape index (κ3) is 3.10. The van der Waals surface area contributed by atoms with E-state index in [9.17, 15) is 0 Å². The lowest BCUT2D eigenvalue weighted by Gasteiger charge is -2.29. The summed E-state index contributed by atoms with van der Waals surface area (Å²) in [6.45, 7) is 8.75. The third-order valence-corrected chi connectivity index (χ3v) is 2.88. The van der Waals surface area contributed by atoms with E-state index in [2.05, 4.69) is 34.8 Å². The van der Waals surface area contributed by atoms with Gasteiger partial charge in [-0.15, -0.1) is 0 Å². The number of rotatable bonds is 5. The third-order valence-electron chi connectivity index (χ3n) is 2.88. The van der Waals surface area contributed by atoms with Gasteiger partial charge in [0, 0.05) is 24.6 Å². The van der Waals surface area contributed by atoms with Crippen molar-refractivity contribution in [1.29, 1.82) is 5.26 Å². The summed E-state index contributed by atoms with van der Waals surface area (Å²) in [7, 11) is 0. The van der Waals surface area contributed by atoms with Crippen LogP contribution >= 0.6 is 0 Å². The fraction of sp³-hybridized carbons (Fsp3) is 0.615. The summed E-state index contributed by atoms with van der Waals surface area (Å²) < 4.78 is 0. The number of hydrogen-bond donors (Lipinski definition) is 1. The summed E-state index contributed by atoms with van der Waals surface area (Å²) in [5.74, 6) is 2.12. The standard InChI is InChI=1S/C13H21N5/c1-5-11-16-12(15)10(4)13(17-11)18(9(2)3)8-6-7-14/h9H,5-6,8H2,1-4H3,(H2,15,16,17). The van der Waals surface area contributed by atoms with E-state index in [0.29, 0.717) is 18.8 Å². The Morgan fingerprint density at radius 1 is 1.39 bits per heavy atom. The topological polar surface area (TPSA) is 78.8 Å². The number of nitrogens with zero attached hydrogens (tertiary/aromatic N) is 4. The van der Waals surface area contributed by atoms with Gasteiger partial charge in [-0.3, -0.25) is 0 Å². The van der Waals surface area contributed by atoms with Crippen molar-refractivity contribution in [3.05, 3.63) is 11.4 Å². The molecule has 0 aliphatic rings. The first-order valence-electron chi connectivity index (χ1n) is 6.27. The van der Waals surface area contributed by atoms with Crippen LogP contribution in [0.5, 0.6) is 0 Å². The van der Waals surface area contributed by atoms with E-state index in [1.807, 2.05) is 13.8 Å². The molecule has 1 heterocycles. The molecule has 1 aromatic heterocycles. The second-order valence-corrected chi connectivity index (χ2v) is 4.52. The predicted molar refractivity (Wildman–Crippen MR) is 73.3 cm³/mol. The fourth-order valence-corrected chi connectivity index (χ4v) is 1.79. The lowest BCUT2D eigenvalue weighted by Crippen LogP contribution is -2.33. The van der Waals surface area contributed by atoms with Crippen molar-refractivity contribution in [2.75, 3.05) is 17.2 Å². The highest BCUT2D eigenvalue weighted by atomic mass is 15.2. The van der Waals surface area contributed by atoms with E-state index in [1.165, 1.54) is 0 Å². The van der Waals surface area contributed by atoms with E-state index < -0.39 is 0 Å². The van der Waals surface area contributed by atoms with Gasteiger partial charge in [-0.1, -0.05) is 6.92 Å². The molecule has 5 heteroatoms. The summed E-state index contributed by atoms with van der Waals surface area (Å²) in [6, 6.07) is 2.44. The predicted octanol–water partition coefficient (Wildman–Crippen LogP) is 2.06. The monoisotopic (exact) mass is 247 g/mol. The molecule has 0 aromatic carbocycles. The molecule has 2 N–H and O–H groups in total. The first-order chi connectivity index (χ1) is 8.51. The molecule has 1 rings (SSSR count). The Bertz CT molecular complexity index is 447. The Balaban J connectivity index is 3.18. The minimum absolute atomic E-state index is 0.274. The summed E-state index contributed by atoms with van der Waals surface area (Å²) >= 11 is 0. The van der Waals surface area contributed by atoms with Crippen LogP contribution < -0.4 is 10.6 Å². The molecule has 18 heavy (non-hydrogen) atoms. The van der Waals surface area contributed by atoms with Crippen LogP contribution in [0.4, 0.5) is 11.6 Å². The van der Waals surface area contributed by atoms with Gasteiger partial charge < -0.3 is 10.6 Å². The van der Waals surface area contributed by atoms with Crippen molar-refractivity contribution < 1.29 is 0 Å². The summed E-state index contributed by atoms with van der Waals surface area (Å²) in [5.41, 5.74) is 6.81. The second kappa shape index (κ2) is 6.20. The van der Waals surface area contributed by atoms with Gasteiger partial charge in [0.25, 0.3) is 0 Å². The zero-order valence-corrected chi connectivity index (χ0v) is 11.6. The molecule has 0 aliphatic heterocycles. The van der Waals surface area contributed by atoms with Gasteiger partial charge in [0.05, 0.1) is 12.5 Å². The summed E-state index contributed by atoms with van der Waals surface area (Å²) in [6.07, 6.45) is 1.23. The van der Waals surface area contributed by atoms with Crippen molar-refractivity contribution >= 4 is 11.6 Å². The smallest absolute Gasteiger partial charge is 0.137 e. The molecule has 0 amide bonds. The Kier molecular flexibility index (Phi) is 4.90. The van der Waals surface area contributed by atoms with Crippen LogP contribution in [0.3, 0.4) is 0 Å². The Morgan fingerprint density at radius 2 is 2.06 bits per heavy atom. The van der Waals surface area contributed by atoms with E-state index in [-0.39, 0.29) is 6.04 Å². The fourth-order valence-electron chi connectivity index (χ4n) is 1.79. The number of aryl methyl sites for hydroxylation is 1. The van der Waals surface area contributed by atoms with Crippen molar-refractivity contribution in [3.63, 3.8) is 0 Å². The second-order valence-electron chi connectivity index (χ2n) is 4.52. The number of aromatic nitrogens is 2. The van der Waals surface area contributed by atoms with Crippen LogP contribution in [0.1, 0.15) is 38.6 Å². The molecule has 0 radical (unpaired) electrons. The Labute approximate surface area is 109 Å². The zero-order valence-electron chi connectivity index (χ0n) is 11.6. The molecule has 0 saturated heterocycles. The van der Waals surface area contributed by atoms with Gasteiger partial charge in [-0.2, -0.15) is 5.26 Å². The highest BCUT2D eigenvalue weighted by molar-refractivity contribution is 5.57. The molecule has 0 fully saturated rings. The van der Waals surface area contributed by atoms with Gasteiger partial charge in [0.2, 0.25) is 0 Å². The van der Waals surface area contributed by atoms with E-state index in [4.69, 9.17) is 11.0 Å². The maximum atomic E-state index is 8.73. The minimum atomic E-state index is 0.274. The number of nitriles is 1. The maximum absolute atomic E-state index is 8.73. The SMILES string of the molecule is CCc1nc(N)c(C)c(N(CCC#N)C(C)C)n1. The molecule has 98 valence electrons. The molecule has 0 aliphatic carbocycles. The van der Waals surface area contributed by atoms with Gasteiger partial charge in [0.1, 0.15) is 17.5 Å². The Morgan fingerprint density at radius 3 is 2.56 bits per heavy atom. The van der Waals surface area contributed by atoms with E-state index >= 15 is 0 Å². The molecule has 0 bridgehead atoms. The highest BCUT2D eigenvalue weighted by Crippen LogP contribution is 2.23. The minimum Gasteiger partial charge on any atom is -0.383 e. The molecular weight excluding hydrogens is 226 g/mol. The van der Waals surface area contributed by atoms with E-state index in [1.54, 1.807) is 0 Å². The lowest BCUT2D eigenvalue weighted by molar-refractivity contribution is 0.670. The van der Waals surface area contributed by atoms with Crippen molar-refractivity contribution in [2.45, 2.75) is 46.6 Å².